The number of carbonyl (C=O) groups is 2. The fraction of sp³-hybridized carbons (Fsp3) is 0.467. The van der Waals surface area contributed by atoms with Crippen LogP contribution < -0.4 is 5.32 Å². The first-order chi connectivity index (χ1) is 9.97. The largest absolute Gasteiger partial charge is 0.354 e. The van der Waals surface area contributed by atoms with Gasteiger partial charge in [0.1, 0.15) is 0 Å². The number of carbonyl (C=O) groups excluding carboxylic acids is 2. The van der Waals surface area contributed by atoms with Crippen LogP contribution >= 0.6 is 23.2 Å². The molecule has 1 aromatic carbocycles. The number of amides is 2. The van der Waals surface area contributed by atoms with Crippen molar-refractivity contribution >= 4 is 35.0 Å². The zero-order valence-electron chi connectivity index (χ0n) is 11.9. The molecule has 0 spiro atoms. The second-order valence-electron chi connectivity index (χ2n) is 5.27. The maximum Gasteiger partial charge on any atom is 0.225 e. The topological polar surface area (TPSA) is 49.4 Å². The summed E-state index contributed by atoms with van der Waals surface area (Å²) in [5.74, 6) is -0.131. The van der Waals surface area contributed by atoms with Crippen LogP contribution in [0.5, 0.6) is 0 Å². The van der Waals surface area contributed by atoms with Crippen LogP contribution in [0.25, 0.3) is 0 Å². The Bertz CT molecular complexity index is 548. The van der Waals surface area contributed by atoms with E-state index >= 15 is 0 Å². The lowest BCUT2D eigenvalue weighted by Crippen LogP contribution is -2.38. The molecule has 0 unspecified atom stereocenters. The van der Waals surface area contributed by atoms with Crippen molar-refractivity contribution in [2.24, 2.45) is 5.92 Å². The standard InChI is InChI=1S/C15H18Cl2N2O2/c1-10(8-11-2-3-12(16)9-13(11)17)15(21)19-6-4-14(20)18-5-7-19/h2-3,9-10H,4-8H2,1H3,(H,18,20)/t10-/m0/s1. The van der Waals surface area contributed by atoms with E-state index in [1.165, 1.54) is 0 Å². The van der Waals surface area contributed by atoms with Crippen molar-refractivity contribution in [3.05, 3.63) is 33.8 Å². The maximum absolute atomic E-state index is 12.5. The lowest BCUT2D eigenvalue weighted by atomic mass is 9.99. The summed E-state index contributed by atoms with van der Waals surface area (Å²) in [4.78, 5) is 25.5. The SMILES string of the molecule is C[C@@H](Cc1ccc(Cl)cc1Cl)C(=O)N1CCNC(=O)CC1. The number of rotatable bonds is 3. The highest BCUT2D eigenvalue weighted by Crippen LogP contribution is 2.24. The summed E-state index contributed by atoms with van der Waals surface area (Å²) < 4.78 is 0. The molecule has 0 aromatic heterocycles. The first kappa shape index (κ1) is 16.1. The van der Waals surface area contributed by atoms with Gasteiger partial charge in [0.25, 0.3) is 0 Å². The molecule has 0 bridgehead atoms. The minimum Gasteiger partial charge on any atom is -0.354 e. The molecule has 114 valence electrons. The van der Waals surface area contributed by atoms with Crippen molar-refractivity contribution in [1.29, 1.82) is 0 Å². The van der Waals surface area contributed by atoms with Gasteiger partial charge in [0.15, 0.2) is 0 Å². The van der Waals surface area contributed by atoms with E-state index in [-0.39, 0.29) is 17.7 Å². The summed E-state index contributed by atoms with van der Waals surface area (Å²) >= 11 is 12.0. The Kier molecular flexibility index (Phi) is 5.48. The zero-order chi connectivity index (χ0) is 15.4. The van der Waals surface area contributed by atoms with Gasteiger partial charge in [-0.1, -0.05) is 36.2 Å². The lowest BCUT2D eigenvalue weighted by molar-refractivity contribution is -0.134. The van der Waals surface area contributed by atoms with Crippen molar-refractivity contribution < 1.29 is 9.59 Å². The average molecular weight is 329 g/mol. The third kappa shape index (κ3) is 4.35. The molecule has 2 amide bonds. The van der Waals surface area contributed by atoms with Gasteiger partial charge in [-0.05, 0) is 24.1 Å². The zero-order valence-corrected chi connectivity index (χ0v) is 13.4. The highest BCUT2D eigenvalue weighted by Gasteiger charge is 2.23. The number of benzene rings is 1. The fourth-order valence-electron chi connectivity index (χ4n) is 2.40. The van der Waals surface area contributed by atoms with Gasteiger partial charge in [-0.2, -0.15) is 0 Å². The van der Waals surface area contributed by atoms with Crippen LogP contribution in [0.2, 0.25) is 10.0 Å². The second-order valence-corrected chi connectivity index (χ2v) is 6.11. The minimum atomic E-state index is -0.183. The molecular weight excluding hydrogens is 311 g/mol. The summed E-state index contributed by atoms with van der Waals surface area (Å²) in [6.07, 6.45) is 0.923. The van der Waals surface area contributed by atoms with Crippen LogP contribution in [0, 0.1) is 5.92 Å². The van der Waals surface area contributed by atoms with Gasteiger partial charge in [-0.25, -0.2) is 0 Å². The molecule has 1 aromatic rings. The van der Waals surface area contributed by atoms with E-state index in [0.29, 0.717) is 42.5 Å². The Morgan fingerprint density at radius 2 is 2.14 bits per heavy atom. The quantitative estimate of drug-likeness (QED) is 0.926. The van der Waals surface area contributed by atoms with Crippen molar-refractivity contribution in [3.8, 4) is 0 Å². The van der Waals surface area contributed by atoms with Crippen LogP contribution in [-0.2, 0) is 16.0 Å². The Morgan fingerprint density at radius 1 is 1.38 bits per heavy atom. The first-order valence-corrected chi connectivity index (χ1v) is 7.72. The van der Waals surface area contributed by atoms with Gasteiger partial charge in [-0.3, -0.25) is 9.59 Å². The summed E-state index contributed by atoms with van der Waals surface area (Å²) in [5, 5.41) is 3.93. The van der Waals surface area contributed by atoms with E-state index < -0.39 is 0 Å². The third-order valence-electron chi connectivity index (χ3n) is 3.59. The smallest absolute Gasteiger partial charge is 0.225 e. The highest BCUT2D eigenvalue weighted by atomic mass is 35.5. The number of nitrogens with one attached hydrogen (secondary N) is 1. The molecule has 0 aliphatic carbocycles. The number of nitrogens with zero attached hydrogens (tertiary/aromatic N) is 1. The molecule has 1 N–H and O–H groups in total. The van der Waals surface area contributed by atoms with Crippen LogP contribution in [0.1, 0.15) is 18.9 Å². The van der Waals surface area contributed by atoms with E-state index in [1.807, 2.05) is 13.0 Å². The Morgan fingerprint density at radius 3 is 2.86 bits per heavy atom. The Balaban J connectivity index is 2.00. The third-order valence-corrected chi connectivity index (χ3v) is 4.17. The Hall–Kier alpha value is -1.26. The molecule has 1 aliphatic heterocycles. The minimum absolute atomic E-state index is 0.00120. The predicted octanol–water partition coefficient (Wildman–Crippen LogP) is 2.52. The highest BCUT2D eigenvalue weighted by molar-refractivity contribution is 6.35. The molecular formula is C15H18Cl2N2O2. The molecule has 1 heterocycles. The molecule has 1 fully saturated rings. The van der Waals surface area contributed by atoms with Gasteiger partial charge >= 0.3 is 0 Å². The summed E-state index contributed by atoms with van der Waals surface area (Å²) in [6, 6.07) is 5.31. The molecule has 1 atom stereocenters. The van der Waals surface area contributed by atoms with Crippen molar-refractivity contribution in [3.63, 3.8) is 0 Å². The van der Waals surface area contributed by atoms with Gasteiger partial charge in [-0.15, -0.1) is 0 Å². The van der Waals surface area contributed by atoms with Crippen LogP contribution in [0.15, 0.2) is 18.2 Å². The molecule has 6 heteroatoms. The van der Waals surface area contributed by atoms with E-state index in [1.54, 1.807) is 17.0 Å². The molecule has 0 radical (unpaired) electrons. The maximum atomic E-state index is 12.5. The molecule has 1 aliphatic rings. The van der Waals surface area contributed by atoms with E-state index in [2.05, 4.69) is 5.32 Å². The number of halogens is 2. The van der Waals surface area contributed by atoms with Crippen LogP contribution in [-0.4, -0.2) is 36.3 Å². The molecule has 21 heavy (non-hydrogen) atoms. The monoisotopic (exact) mass is 328 g/mol. The van der Waals surface area contributed by atoms with Crippen molar-refractivity contribution in [1.82, 2.24) is 10.2 Å². The van der Waals surface area contributed by atoms with Gasteiger partial charge in [0, 0.05) is 42.0 Å². The van der Waals surface area contributed by atoms with Crippen LogP contribution in [0.3, 0.4) is 0 Å². The van der Waals surface area contributed by atoms with E-state index in [0.717, 1.165) is 5.56 Å². The second kappa shape index (κ2) is 7.14. The molecule has 1 saturated heterocycles. The van der Waals surface area contributed by atoms with Crippen LogP contribution in [0.4, 0.5) is 0 Å². The van der Waals surface area contributed by atoms with Gasteiger partial charge < -0.3 is 10.2 Å². The van der Waals surface area contributed by atoms with Crippen molar-refractivity contribution in [2.75, 3.05) is 19.6 Å². The predicted molar refractivity (Wildman–Crippen MR) is 83.5 cm³/mol. The average Bonchev–Trinajstić information content (AvgIpc) is 2.66. The Labute approximate surface area is 134 Å². The molecule has 4 nitrogen and oxygen atoms in total. The lowest BCUT2D eigenvalue weighted by Gasteiger charge is -2.23. The first-order valence-electron chi connectivity index (χ1n) is 6.97. The summed E-state index contributed by atoms with van der Waals surface area (Å²) in [5.41, 5.74) is 0.908. The fourth-order valence-corrected chi connectivity index (χ4v) is 2.89. The molecule has 2 rings (SSSR count). The van der Waals surface area contributed by atoms with Gasteiger partial charge in [0.05, 0.1) is 0 Å². The number of hydrogen-bond donors (Lipinski definition) is 1. The summed E-state index contributed by atoms with van der Waals surface area (Å²) in [6.45, 7) is 3.43. The molecule has 0 saturated carbocycles. The van der Waals surface area contributed by atoms with E-state index in [9.17, 15) is 9.59 Å². The van der Waals surface area contributed by atoms with Gasteiger partial charge in [0.2, 0.25) is 11.8 Å². The summed E-state index contributed by atoms with van der Waals surface area (Å²) in [7, 11) is 0. The normalized spacial score (nSPS) is 17.1. The van der Waals surface area contributed by atoms with E-state index in [4.69, 9.17) is 23.2 Å². The van der Waals surface area contributed by atoms with Crippen molar-refractivity contribution in [2.45, 2.75) is 19.8 Å². The number of hydrogen-bond acceptors (Lipinski definition) is 2.